The van der Waals surface area contributed by atoms with Gasteiger partial charge in [0.25, 0.3) is 0 Å². The summed E-state index contributed by atoms with van der Waals surface area (Å²) in [5.74, 6) is 4.95. The van der Waals surface area contributed by atoms with Crippen molar-refractivity contribution in [1.82, 2.24) is 10.7 Å². The van der Waals surface area contributed by atoms with Crippen molar-refractivity contribution >= 4 is 17.3 Å². The van der Waals surface area contributed by atoms with E-state index in [-0.39, 0.29) is 5.82 Å². The number of hydrazine groups is 1. The molecule has 0 aromatic heterocycles. The molecule has 1 rings (SSSR count). The highest BCUT2D eigenvalue weighted by Crippen LogP contribution is 2.14. The first kappa shape index (κ1) is 11.9. The lowest BCUT2D eigenvalue weighted by Gasteiger charge is -2.09. The molecule has 0 radical (unpaired) electrons. The molecule has 0 fully saturated rings. The van der Waals surface area contributed by atoms with E-state index in [0.717, 1.165) is 5.56 Å². The maximum absolute atomic E-state index is 13.3. The molecule has 3 nitrogen and oxygen atoms in total. The highest BCUT2D eigenvalue weighted by atomic mass is 32.1. The smallest absolute Gasteiger partial charge is 0.180 e. The molecule has 1 aromatic carbocycles. The minimum atomic E-state index is -0.154. The summed E-state index contributed by atoms with van der Waals surface area (Å²) in [4.78, 5) is 0. The van der Waals surface area contributed by atoms with Crippen LogP contribution in [0.1, 0.15) is 16.7 Å². The van der Waals surface area contributed by atoms with Gasteiger partial charge in [-0.05, 0) is 42.8 Å². The molecule has 15 heavy (non-hydrogen) atoms. The summed E-state index contributed by atoms with van der Waals surface area (Å²) >= 11 is 4.82. The van der Waals surface area contributed by atoms with E-state index in [9.17, 15) is 4.39 Å². The molecule has 0 aliphatic rings. The van der Waals surface area contributed by atoms with E-state index in [2.05, 4.69) is 10.7 Å². The molecule has 5 heteroatoms. The number of thiocarbonyl (C=S) groups is 1. The first-order chi connectivity index (χ1) is 7.04. The molecule has 1 aromatic rings. The Morgan fingerprint density at radius 2 is 1.93 bits per heavy atom. The van der Waals surface area contributed by atoms with Gasteiger partial charge in [-0.25, -0.2) is 10.2 Å². The molecule has 0 unspecified atom stereocenters. The average Bonchev–Trinajstić information content (AvgIpc) is 2.22. The number of hydrogen-bond acceptors (Lipinski definition) is 2. The van der Waals surface area contributed by atoms with E-state index < -0.39 is 0 Å². The molecule has 0 atom stereocenters. The zero-order valence-electron chi connectivity index (χ0n) is 8.73. The summed E-state index contributed by atoms with van der Waals surface area (Å²) < 4.78 is 13.3. The van der Waals surface area contributed by atoms with Crippen LogP contribution in [0.25, 0.3) is 0 Å². The number of halogens is 1. The fourth-order valence-electron chi connectivity index (χ4n) is 1.37. The van der Waals surface area contributed by atoms with Gasteiger partial charge in [-0.3, -0.25) is 0 Å². The molecule has 0 saturated carbocycles. The summed E-state index contributed by atoms with van der Waals surface area (Å²) in [5, 5.41) is 3.27. The lowest BCUT2D eigenvalue weighted by Crippen LogP contribution is -2.39. The van der Waals surface area contributed by atoms with Gasteiger partial charge >= 0.3 is 0 Å². The Bertz CT molecular complexity index is 356. The molecule has 0 spiro atoms. The fraction of sp³-hybridized carbons (Fsp3) is 0.300. The molecule has 4 N–H and O–H groups in total. The molecular formula is C10H14FN3S. The predicted molar refractivity (Wildman–Crippen MR) is 62.6 cm³/mol. The maximum atomic E-state index is 13.3. The highest BCUT2D eigenvalue weighted by Gasteiger charge is 2.04. The normalized spacial score (nSPS) is 9.87. The monoisotopic (exact) mass is 227 g/mol. The van der Waals surface area contributed by atoms with E-state index in [1.165, 1.54) is 0 Å². The number of aryl methyl sites for hydroxylation is 2. The van der Waals surface area contributed by atoms with Crippen molar-refractivity contribution in [2.24, 2.45) is 5.84 Å². The molecule has 0 bridgehead atoms. The largest absolute Gasteiger partial charge is 0.358 e. The van der Waals surface area contributed by atoms with Gasteiger partial charge in [-0.15, -0.1) is 0 Å². The molecule has 0 aliphatic carbocycles. The Balaban J connectivity index is 2.75. The minimum absolute atomic E-state index is 0.154. The van der Waals surface area contributed by atoms with Crippen LogP contribution in [0.2, 0.25) is 0 Å². The van der Waals surface area contributed by atoms with Gasteiger partial charge in [0, 0.05) is 6.54 Å². The maximum Gasteiger partial charge on any atom is 0.180 e. The Labute approximate surface area is 93.8 Å². The number of hydrogen-bond donors (Lipinski definition) is 3. The zero-order valence-corrected chi connectivity index (χ0v) is 9.54. The number of rotatable bonds is 2. The second-order valence-electron chi connectivity index (χ2n) is 3.37. The molecule has 82 valence electrons. The van der Waals surface area contributed by atoms with Crippen LogP contribution in [0.15, 0.2) is 12.1 Å². The SMILES string of the molecule is Cc1cc(CNC(=S)NN)cc(C)c1F. The third-order valence-electron chi connectivity index (χ3n) is 2.08. The number of benzene rings is 1. The summed E-state index contributed by atoms with van der Waals surface area (Å²) in [7, 11) is 0. The van der Waals surface area contributed by atoms with Crippen molar-refractivity contribution < 1.29 is 4.39 Å². The van der Waals surface area contributed by atoms with Crippen molar-refractivity contribution in [3.63, 3.8) is 0 Å². The van der Waals surface area contributed by atoms with Gasteiger partial charge in [-0.2, -0.15) is 0 Å². The van der Waals surface area contributed by atoms with Crippen LogP contribution in [0.4, 0.5) is 4.39 Å². The van der Waals surface area contributed by atoms with Gasteiger partial charge < -0.3 is 10.7 Å². The molecule has 0 amide bonds. The summed E-state index contributed by atoms with van der Waals surface area (Å²) in [6.07, 6.45) is 0. The van der Waals surface area contributed by atoms with Gasteiger partial charge in [-0.1, -0.05) is 12.1 Å². The third-order valence-corrected chi connectivity index (χ3v) is 2.34. The first-order valence-corrected chi connectivity index (χ1v) is 4.95. The second-order valence-corrected chi connectivity index (χ2v) is 3.78. The lowest BCUT2D eigenvalue weighted by atomic mass is 10.1. The van der Waals surface area contributed by atoms with Crippen LogP contribution in [0, 0.1) is 19.7 Å². The van der Waals surface area contributed by atoms with Gasteiger partial charge in [0.1, 0.15) is 5.82 Å². The van der Waals surface area contributed by atoms with E-state index in [1.54, 1.807) is 26.0 Å². The fourth-order valence-corrected chi connectivity index (χ4v) is 1.44. The minimum Gasteiger partial charge on any atom is -0.358 e. The summed E-state index contributed by atoms with van der Waals surface area (Å²) in [5.41, 5.74) is 4.57. The van der Waals surface area contributed by atoms with Crippen molar-refractivity contribution in [2.45, 2.75) is 20.4 Å². The van der Waals surface area contributed by atoms with Crippen LogP contribution >= 0.6 is 12.2 Å². The molecular weight excluding hydrogens is 213 g/mol. The van der Waals surface area contributed by atoms with Crippen LogP contribution in [-0.2, 0) is 6.54 Å². The van der Waals surface area contributed by atoms with E-state index in [4.69, 9.17) is 18.1 Å². The summed E-state index contributed by atoms with van der Waals surface area (Å²) in [6.45, 7) is 4.02. The van der Waals surface area contributed by atoms with Crippen molar-refractivity contribution in [2.75, 3.05) is 0 Å². The molecule has 0 saturated heterocycles. The quantitative estimate of drug-likeness (QED) is 0.405. The van der Waals surface area contributed by atoms with Crippen molar-refractivity contribution in [3.05, 3.63) is 34.6 Å². The Morgan fingerprint density at radius 1 is 1.40 bits per heavy atom. The molecule has 0 heterocycles. The van der Waals surface area contributed by atoms with Crippen LogP contribution in [0.3, 0.4) is 0 Å². The zero-order chi connectivity index (χ0) is 11.4. The van der Waals surface area contributed by atoms with Gasteiger partial charge in [0.15, 0.2) is 5.11 Å². The second kappa shape index (κ2) is 5.04. The summed E-state index contributed by atoms with van der Waals surface area (Å²) in [6, 6.07) is 3.57. The van der Waals surface area contributed by atoms with Crippen LogP contribution in [0.5, 0.6) is 0 Å². The third kappa shape index (κ3) is 3.14. The van der Waals surface area contributed by atoms with E-state index in [0.29, 0.717) is 22.8 Å². The standard InChI is InChI=1S/C10H14FN3S/c1-6-3-8(4-7(2)9(6)11)5-13-10(15)14-12/h3-4H,5,12H2,1-2H3,(H2,13,14,15). The number of nitrogens with one attached hydrogen (secondary N) is 2. The predicted octanol–water partition coefficient (Wildman–Crippen LogP) is 1.28. The lowest BCUT2D eigenvalue weighted by molar-refractivity contribution is 0.608. The van der Waals surface area contributed by atoms with E-state index in [1.807, 2.05) is 0 Å². The van der Waals surface area contributed by atoms with Crippen LogP contribution in [-0.4, -0.2) is 5.11 Å². The van der Waals surface area contributed by atoms with E-state index >= 15 is 0 Å². The average molecular weight is 227 g/mol. The Morgan fingerprint density at radius 3 is 2.40 bits per heavy atom. The highest BCUT2D eigenvalue weighted by molar-refractivity contribution is 7.80. The molecule has 0 aliphatic heterocycles. The number of nitrogens with two attached hydrogens (primary N) is 1. The topological polar surface area (TPSA) is 50.1 Å². The van der Waals surface area contributed by atoms with Crippen LogP contribution < -0.4 is 16.6 Å². The van der Waals surface area contributed by atoms with Gasteiger partial charge in [0.2, 0.25) is 0 Å². The first-order valence-electron chi connectivity index (χ1n) is 4.54. The Kier molecular flexibility index (Phi) is 3.99. The van der Waals surface area contributed by atoms with Crippen molar-refractivity contribution in [3.8, 4) is 0 Å². The van der Waals surface area contributed by atoms with Gasteiger partial charge in [0.05, 0.1) is 0 Å². The van der Waals surface area contributed by atoms with Crippen molar-refractivity contribution in [1.29, 1.82) is 0 Å². The Hall–Kier alpha value is -1.20.